The van der Waals surface area contributed by atoms with E-state index in [0.717, 1.165) is 15.6 Å². The standard InChI is InChI=1S/C16H17N5OS/c1-10-15(23-12(3)19-10)11(2)20-16(22)13-4-5-18-14(8-13)21-7-6-17-9-21/h4-9,11H,1-3H3,(H,20,22)/t11-/m0/s1. The normalized spacial score (nSPS) is 12.1. The predicted octanol–water partition coefficient (Wildman–Crippen LogP) is 2.83. The van der Waals surface area contributed by atoms with Crippen molar-refractivity contribution in [2.75, 3.05) is 0 Å². The van der Waals surface area contributed by atoms with Crippen molar-refractivity contribution >= 4 is 17.2 Å². The number of imidazole rings is 1. The summed E-state index contributed by atoms with van der Waals surface area (Å²) in [6.07, 6.45) is 6.73. The second-order valence-electron chi connectivity index (χ2n) is 5.25. The molecule has 0 aliphatic carbocycles. The van der Waals surface area contributed by atoms with Crippen LogP contribution in [0.4, 0.5) is 0 Å². The van der Waals surface area contributed by atoms with Gasteiger partial charge < -0.3 is 5.32 Å². The summed E-state index contributed by atoms with van der Waals surface area (Å²) in [5.74, 6) is 0.527. The average Bonchev–Trinajstić information content (AvgIpc) is 3.17. The molecule has 6 nitrogen and oxygen atoms in total. The van der Waals surface area contributed by atoms with E-state index in [2.05, 4.69) is 20.3 Å². The first kappa shape index (κ1) is 15.4. The van der Waals surface area contributed by atoms with Gasteiger partial charge in [0.25, 0.3) is 5.91 Å². The number of aryl methyl sites for hydroxylation is 2. The predicted molar refractivity (Wildman–Crippen MR) is 88.8 cm³/mol. The number of rotatable bonds is 4. The molecule has 3 aromatic heterocycles. The third kappa shape index (κ3) is 3.29. The lowest BCUT2D eigenvalue weighted by atomic mass is 10.2. The minimum atomic E-state index is -0.133. The molecule has 0 saturated carbocycles. The van der Waals surface area contributed by atoms with Crippen LogP contribution in [0, 0.1) is 13.8 Å². The summed E-state index contributed by atoms with van der Waals surface area (Å²) in [7, 11) is 0. The van der Waals surface area contributed by atoms with E-state index < -0.39 is 0 Å². The maximum absolute atomic E-state index is 12.5. The lowest BCUT2D eigenvalue weighted by molar-refractivity contribution is 0.0940. The van der Waals surface area contributed by atoms with E-state index in [0.29, 0.717) is 11.4 Å². The number of pyridine rings is 1. The smallest absolute Gasteiger partial charge is 0.251 e. The second-order valence-corrected chi connectivity index (χ2v) is 6.49. The number of nitrogens with zero attached hydrogens (tertiary/aromatic N) is 4. The Morgan fingerprint density at radius 3 is 2.83 bits per heavy atom. The van der Waals surface area contributed by atoms with E-state index in [1.165, 1.54) is 0 Å². The van der Waals surface area contributed by atoms with Crippen molar-refractivity contribution in [2.24, 2.45) is 0 Å². The van der Waals surface area contributed by atoms with Crippen LogP contribution < -0.4 is 5.32 Å². The van der Waals surface area contributed by atoms with Crippen LogP contribution in [0.5, 0.6) is 0 Å². The van der Waals surface area contributed by atoms with Gasteiger partial charge in [-0.3, -0.25) is 9.36 Å². The van der Waals surface area contributed by atoms with E-state index in [-0.39, 0.29) is 11.9 Å². The first-order valence-corrected chi connectivity index (χ1v) is 8.05. The highest BCUT2D eigenvalue weighted by atomic mass is 32.1. The molecule has 0 saturated heterocycles. The van der Waals surface area contributed by atoms with Gasteiger partial charge in [-0.15, -0.1) is 11.3 Å². The molecule has 7 heteroatoms. The highest BCUT2D eigenvalue weighted by Crippen LogP contribution is 2.24. The van der Waals surface area contributed by atoms with Crippen LogP contribution >= 0.6 is 11.3 Å². The Labute approximate surface area is 138 Å². The molecule has 3 heterocycles. The van der Waals surface area contributed by atoms with Crippen LogP contribution in [0.1, 0.15) is 38.9 Å². The highest BCUT2D eigenvalue weighted by Gasteiger charge is 2.16. The van der Waals surface area contributed by atoms with Crippen molar-refractivity contribution in [2.45, 2.75) is 26.8 Å². The van der Waals surface area contributed by atoms with E-state index >= 15 is 0 Å². The zero-order valence-corrected chi connectivity index (χ0v) is 14.0. The molecular weight excluding hydrogens is 310 g/mol. The molecule has 118 valence electrons. The van der Waals surface area contributed by atoms with Gasteiger partial charge in [-0.25, -0.2) is 15.0 Å². The molecule has 23 heavy (non-hydrogen) atoms. The maximum Gasteiger partial charge on any atom is 0.251 e. The summed E-state index contributed by atoms with van der Waals surface area (Å²) >= 11 is 1.61. The lowest BCUT2D eigenvalue weighted by Gasteiger charge is -2.13. The monoisotopic (exact) mass is 327 g/mol. The molecule has 3 aromatic rings. The molecule has 0 fully saturated rings. The van der Waals surface area contributed by atoms with Crippen molar-refractivity contribution in [3.8, 4) is 5.82 Å². The van der Waals surface area contributed by atoms with Crippen molar-refractivity contribution in [3.05, 3.63) is 58.2 Å². The third-order valence-corrected chi connectivity index (χ3v) is 4.71. The molecule has 0 aliphatic heterocycles. The number of hydrogen-bond acceptors (Lipinski definition) is 5. The first-order chi connectivity index (χ1) is 11.0. The van der Waals surface area contributed by atoms with Crippen molar-refractivity contribution in [1.82, 2.24) is 24.8 Å². The molecule has 1 N–H and O–H groups in total. The Balaban J connectivity index is 1.78. The van der Waals surface area contributed by atoms with Crippen LogP contribution in [-0.2, 0) is 0 Å². The van der Waals surface area contributed by atoms with Gasteiger partial charge in [0.05, 0.1) is 16.7 Å². The van der Waals surface area contributed by atoms with Crippen molar-refractivity contribution in [3.63, 3.8) is 0 Å². The summed E-state index contributed by atoms with van der Waals surface area (Å²) in [6, 6.07) is 3.36. The fraction of sp³-hybridized carbons (Fsp3) is 0.250. The molecule has 0 bridgehead atoms. The minimum absolute atomic E-state index is 0.0847. The second kappa shape index (κ2) is 6.29. The van der Waals surface area contributed by atoms with Crippen molar-refractivity contribution in [1.29, 1.82) is 0 Å². The summed E-state index contributed by atoms with van der Waals surface area (Å²) in [4.78, 5) is 26.2. The quantitative estimate of drug-likeness (QED) is 0.800. The van der Waals surface area contributed by atoms with Gasteiger partial charge in [0.15, 0.2) is 0 Å². The summed E-state index contributed by atoms with van der Waals surface area (Å²) in [5, 5.41) is 4.02. The maximum atomic E-state index is 12.5. The van der Waals surface area contributed by atoms with Crippen molar-refractivity contribution < 1.29 is 4.79 Å². The van der Waals surface area contributed by atoms with E-state index in [9.17, 15) is 4.79 Å². The van der Waals surface area contributed by atoms with Gasteiger partial charge >= 0.3 is 0 Å². The molecule has 0 aromatic carbocycles. The Morgan fingerprint density at radius 2 is 2.17 bits per heavy atom. The van der Waals surface area contributed by atoms with Crippen LogP contribution in [-0.4, -0.2) is 25.4 Å². The molecule has 0 spiro atoms. The van der Waals surface area contributed by atoms with Gasteiger partial charge in [-0.05, 0) is 32.9 Å². The minimum Gasteiger partial charge on any atom is -0.345 e. The fourth-order valence-corrected chi connectivity index (χ4v) is 3.32. The molecule has 3 rings (SSSR count). The van der Waals surface area contributed by atoms with E-state index in [1.807, 2.05) is 20.8 Å². The summed E-state index contributed by atoms with van der Waals surface area (Å²) in [5.41, 5.74) is 1.53. The summed E-state index contributed by atoms with van der Waals surface area (Å²) in [6.45, 7) is 5.90. The Bertz CT molecular complexity index is 825. The van der Waals surface area contributed by atoms with Gasteiger partial charge in [-0.1, -0.05) is 0 Å². The molecule has 1 atom stereocenters. The Hall–Kier alpha value is -2.54. The van der Waals surface area contributed by atoms with Gasteiger partial charge in [0.1, 0.15) is 12.1 Å². The molecule has 0 radical (unpaired) electrons. The topological polar surface area (TPSA) is 72.7 Å². The zero-order valence-electron chi connectivity index (χ0n) is 13.1. The SMILES string of the molecule is Cc1nc(C)c([C@H](C)NC(=O)c2ccnc(-n3ccnc3)c2)s1. The summed E-state index contributed by atoms with van der Waals surface area (Å²) < 4.78 is 1.76. The molecule has 0 unspecified atom stereocenters. The zero-order chi connectivity index (χ0) is 16.4. The van der Waals surface area contributed by atoms with Gasteiger partial charge in [0.2, 0.25) is 0 Å². The largest absolute Gasteiger partial charge is 0.345 e. The number of thiazole rings is 1. The first-order valence-electron chi connectivity index (χ1n) is 7.24. The fourth-order valence-electron chi connectivity index (χ4n) is 2.39. The Morgan fingerprint density at radius 1 is 1.35 bits per heavy atom. The third-order valence-electron chi connectivity index (χ3n) is 3.46. The van der Waals surface area contributed by atoms with E-state index in [1.54, 1.807) is 53.0 Å². The van der Waals surface area contributed by atoms with Crippen LogP contribution in [0.3, 0.4) is 0 Å². The van der Waals surface area contributed by atoms with Crippen LogP contribution in [0.25, 0.3) is 5.82 Å². The van der Waals surface area contributed by atoms with E-state index in [4.69, 9.17) is 0 Å². The average molecular weight is 327 g/mol. The Kier molecular flexibility index (Phi) is 4.20. The number of carbonyl (C=O) groups excluding carboxylic acids is 1. The number of amides is 1. The molecular formula is C16H17N5OS. The highest BCUT2D eigenvalue weighted by molar-refractivity contribution is 7.11. The molecule has 0 aliphatic rings. The number of nitrogens with one attached hydrogen (secondary N) is 1. The molecule has 1 amide bonds. The van der Waals surface area contributed by atoms with Crippen LogP contribution in [0.15, 0.2) is 37.1 Å². The lowest BCUT2D eigenvalue weighted by Crippen LogP contribution is -2.26. The van der Waals surface area contributed by atoms with Crippen LogP contribution in [0.2, 0.25) is 0 Å². The van der Waals surface area contributed by atoms with Gasteiger partial charge in [0, 0.05) is 29.0 Å². The number of carbonyl (C=O) groups is 1. The van der Waals surface area contributed by atoms with Gasteiger partial charge in [-0.2, -0.15) is 0 Å². The number of hydrogen-bond donors (Lipinski definition) is 1. The number of aromatic nitrogens is 4.